The third kappa shape index (κ3) is 4.90. The number of ether oxygens (including phenoxy) is 1. The number of benzene rings is 2. The lowest BCUT2D eigenvalue weighted by atomic mass is 10.2. The van der Waals surface area contributed by atoms with Crippen molar-refractivity contribution < 1.29 is 19.4 Å². The lowest BCUT2D eigenvalue weighted by Crippen LogP contribution is -2.32. The number of hydrogen-bond donors (Lipinski definition) is 0. The van der Waals surface area contributed by atoms with E-state index < -0.39 is 23.5 Å². The third-order valence-corrected chi connectivity index (χ3v) is 6.56. The molecule has 0 N–H and O–H groups in total. The van der Waals surface area contributed by atoms with Gasteiger partial charge < -0.3 is 14.6 Å². The maximum Gasteiger partial charge on any atom is 0.297 e. The molecule has 1 fully saturated rings. The zero-order valence-electron chi connectivity index (χ0n) is 19.2. The fourth-order valence-electron chi connectivity index (χ4n) is 3.51. The molecule has 2 heterocycles. The fourth-order valence-corrected chi connectivity index (χ4v) is 4.57. The number of nitrogens with zero attached hydrogens (tertiary/aromatic N) is 5. The van der Waals surface area contributed by atoms with Gasteiger partial charge in [-0.15, -0.1) is 0 Å². The molecule has 10 nitrogen and oxygen atoms in total. The van der Waals surface area contributed by atoms with Crippen molar-refractivity contribution >= 4 is 40.7 Å². The van der Waals surface area contributed by atoms with Crippen LogP contribution in [-0.4, -0.2) is 50.0 Å². The molecule has 0 aliphatic carbocycles. The molecule has 180 valence electrons. The highest BCUT2D eigenvalue weighted by Crippen LogP contribution is 2.32. The first kappa shape index (κ1) is 24.0. The SMILES string of the molecule is COc1ccc(/C=N\N2C(=O)[C@H](CC(=O)[O-])SC2=Nc2c(C)n(C)n(-c3ccccc3)c2=O)cc1. The van der Waals surface area contributed by atoms with Crippen LogP contribution in [0.3, 0.4) is 0 Å². The van der Waals surface area contributed by atoms with Gasteiger partial charge in [0.25, 0.3) is 11.5 Å². The molecule has 35 heavy (non-hydrogen) atoms. The van der Waals surface area contributed by atoms with Crippen LogP contribution in [0.5, 0.6) is 5.75 Å². The highest BCUT2D eigenvalue weighted by Gasteiger charge is 2.39. The Morgan fingerprint density at radius 2 is 1.83 bits per heavy atom. The van der Waals surface area contributed by atoms with Crippen molar-refractivity contribution in [2.75, 3.05) is 7.11 Å². The minimum absolute atomic E-state index is 0.108. The molecule has 1 saturated heterocycles. The minimum atomic E-state index is -1.36. The Morgan fingerprint density at radius 1 is 1.14 bits per heavy atom. The van der Waals surface area contributed by atoms with E-state index in [2.05, 4.69) is 10.1 Å². The van der Waals surface area contributed by atoms with E-state index in [0.717, 1.165) is 16.8 Å². The number of carbonyl (C=O) groups excluding carboxylic acids is 2. The smallest absolute Gasteiger partial charge is 0.297 e. The Labute approximate surface area is 205 Å². The Morgan fingerprint density at radius 3 is 2.46 bits per heavy atom. The van der Waals surface area contributed by atoms with Gasteiger partial charge in [-0.25, -0.2) is 9.67 Å². The van der Waals surface area contributed by atoms with E-state index in [1.54, 1.807) is 62.2 Å². The Bertz CT molecular complexity index is 1380. The zero-order valence-corrected chi connectivity index (χ0v) is 20.1. The molecule has 1 aromatic heterocycles. The van der Waals surface area contributed by atoms with E-state index in [9.17, 15) is 19.5 Å². The monoisotopic (exact) mass is 492 g/mol. The predicted molar refractivity (Wildman–Crippen MR) is 131 cm³/mol. The van der Waals surface area contributed by atoms with Crippen LogP contribution in [0, 0.1) is 6.92 Å². The number of hydrogen-bond acceptors (Lipinski definition) is 8. The number of methoxy groups -OCH3 is 1. The number of aliphatic imine (C=N–C) groups is 1. The molecular formula is C24H22N5O5S-. The van der Waals surface area contributed by atoms with Gasteiger partial charge in [0.1, 0.15) is 5.75 Å². The van der Waals surface area contributed by atoms with Crippen molar-refractivity contribution in [1.82, 2.24) is 14.4 Å². The number of thioether (sulfide) groups is 1. The zero-order chi connectivity index (χ0) is 25.1. The summed E-state index contributed by atoms with van der Waals surface area (Å²) < 4.78 is 8.28. The van der Waals surface area contributed by atoms with Gasteiger partial charge in [0, 0.05) is 19.4 Å². The van der Waals surface area contributed by atoms with E-state index >= 15 is 0 Å². The van der Waals surface area contributed by atoms with Crippen molar-refractivity contribution in [3.8, 4) is 11.4 Å². The molecule has 1 atom stereocenters. The van der Waals surface area contributed by atoms with Crippen LogP contribution in [0.2, 0.25) is 0 Å². The molecule has 4 rings (SSSR count). The van der Waals surface area contributed by atoms with Crippen molar-refractivity contribution in [2.45, 2.75) is 18.6 Å². The number of aliphatic carboxylic acids is 1. The summed E-state index contributed by atoms with van der Waals surface area (Å²) in [5.41, 5.74) is 1.67. The number of rotatable bonds is 7. The first-order valence-corrected chi connectivity index (χ1v) is 11.5. The lowest BCUT2D eigenvalue weighted by Gasteiger charge is -2.10. The molecule has 11 heteroatoms. The highest BCUT2D eigenvalue weighted by atomic mass is 32.2. The standard InChI is InChI=1S/C24H23N5O5S/c1-15-21(23(33)29(27(15)2)17-7-5-4-6-8-17)26-24-28(22(32)19(35-24)13-20(30)31)25-14-16-9-11-18(34-3)12-10-16/h4-12,14,19H,13H2,1-3H3,(H,30,31)/p-1/b25-14-,26-24?/t19-/m0/s1. The van der Waals surface area contributed by atoms with E-state index in [4.69, 9.17) is 4.74 Å². The van der Waals surface area contributed by atoms with Crippen molar-refractivity contribution in [3.63, 3.8) is 0 Å². The molecule has 0 unspecified atom stereocenters. The first-order valence-electron chi connectivity index (χ1n) is 10.6. The van der Waals surface area contributed by atoms with Gasteiger partial charge >= 0.3 is 0 Å². The molecule has 0 bridgehead atoms. The van der Waals surface area contributed by atoms with Crippen LogP contribution in [-0.2, 0) is 16.6 Å². The quantitative estimate of drug-likeness (QED) is 0.462. The molecular weight excluding hydrogens is 470 g/mol. The van der Waals surface area contributed by atoms with Gasteiger partial charge in [-0.2, -0.15) is 10.1 Å². The van der Waals surface area contributed by atoms with E-state index in [0.29, 0.717) is 22.7 Å². The summed E-state index contributed by atoms with van der Waals surface area (Å²) in [5, 5.41) is 15.6. The number of aromatic nitrogens is 2. The number of carboxylic acids is 1. The number of carboxylic acid groups (broad SMARTS) is 1. The normalized spacial score (nSPS) is 17.0. The van der Waals surface area contributed by atoms with Crippen LogP contribution in [0.1, 0.15) is 17.7 Å². The summed E-state index contributed by atoms with van der Waals surface area (Å²) in [6.07, 6.45) is 0.952. The van der Waals surface area contributed by atoms with E-state index in [1.165, 1.54) is 10.9 Å². The van der Waals surface area contributed by atoms with Crippen LogP contribution >= 0.6 is 11.8 Å². The fraction of sp³-hybridized carbons (Fsp3) is 0.208. The second-order valence-electron chi connectivity index (χ2n) is 7.65. The molecule has 0 spiro atoms. The minimum Gasteiger partial charge on any atom is -0.550 e. The molecule has 1 aliphatic heterocycles. The molecule has 0 saturated carbocycles. The summed E-state index contributed by atoms with van der Waals surface area (Å²) in [5.74, 6) is -1.25. The number of amidine groups is 1. The van der Waals surface area contributed by atoms with Crippen molar-refractivity contribution in [1.29, 1.82) is 0 Å². The second-order valence-corrected chi connectivity index (χ2v) is 8.82. The maximum atomic E-state index is 13.3. The Kier molecular flexibility index (Phi) is 6.87. The van der Waals surface area contributed by atoms with Crippen LogP contribution in [0.15, 0.2) is 69.5 Å². The number of amides is 1. The van der Waals surface area contributed by atoms with Gasteiger partial charge in [-0.05, 0) is 48.9 Å². The largest absolute Gasteiger partial charge is 0.550 e. The molecule has 0 radical (unpaired) electrons. The second kappa shape index (κ2) is 10.0. The Balaban J connectivity index is 1.74. The molecule has 1 amide bonds. The van der Waals surface area contributed by atoms with Crippen molar-refractivity contribution in [2.24, 2.45) is 17.1 Å². The van der Waals surface area contributed by atoms with E-state index in [1.807, 2.05) is 18.2 Å². The number of hydrazone groups is 1. The molecule has 1 aliphatic rings. The summed E-state index contributed by atoms with van der Waals surface area (Å²) in [4.78, 5) is 41.9. The van der Waals surface area contributed by atoms with Gasteiger partial charge in [0.05, 0.1) is 30.0 Å². The summed E-state index contributed by atoms with van der Waals surface area (Å²) in [7, 11) is 3.29. The van der Waals surface area contributed by atoms with Gasteiger partial charge in [-0.3, -0.25) is 14.3 Å². The Hall–Kier alpha value is -4.12. The van der Waals surface area contributed by atoms with Gasteiger partial charge in [0.15, 0.2) is 10.9 Å². The molecule has 3 aromatic rings. The topological polar surface area (TPSA) is 121 Å². The third-order valence-electron chi connectivity index (χ3n) is 5.43. The van der Waals surface area contributed by atoms with Crippen LogP contribution in [0.25, 0.3) is 5.69 Å². The van der Waals surface area contributed by atoms with Gasteiger partial charge in [0.2, 0.25) is 0 Å². The van der Waals surface area contributed by atoms with Gasteiger partial charge in [-0.1, -0.05) is 30.0 Å². The average Bonchev–Trinajstić information content (AvgIpc) is 3.25. The summed E-state index contributed by atoms with van der Waals surface area (Å²) >= 11 is 0.934. The molecule has 2 aromatic carbocycles. The number of para-hydroxylation sites is 1. The van der Waals surface area contributed by atoms with Crippen molar-refractivity contribution in [3.05, 3.63) is 76.2 Å². The summed E-state index contributed by atoms with van der Waals surface area (Å²) in [6, 6.07) is 16.1. The maximum absolute atomic E-state index is 13.3. The van der Waals surface area contributed by atoms with E-state index in [-0.39, 0.29) is 16.4 Å². The average molecular weight is 493 g/mol. The van der Waals surface area contributed by atoms with Crippen LogP contribution < -0.4 is 15.4 Å². The highest BCUT2D eigenvalue weighted by molar-refractivity contribution is 8.15. The predicted octanol–water partition coefficient (Wildman–Crippen LogP) is 1.60. The lowest BCUT2D eigenvalue weighted by molar-refractivity contribution is -0.305. The van der Waals surface area contributed by atoms with Crippen LogP contribution in [0.4, 0.5) is 5.69 Å². The number of carbonyl (C=O) groups is 2. The summed E-state index contributed by atoms with van der Waals surface area (Å²) in [6.45, 7) is 1.74. The first-order chi connectivity index (χ1) is 16.8.